The molecule has 0 spiro atoms. The van der Waals surface area contributed by atoms with Crippen molar-refractivity contribution in [1.29, 1.82) is 0 Å². The largest absolute Gasteiger partial charge is 0.336 e. The third kappa shape index (κ3) is 4.06. The van der Waals surface area contributed by atoms with E-state index in [2.05, 4.69) is 4.98 Å². The highest BCUT2D eigenvalue weighted by Crippen LogP contribution is 2.43. The lowest BCUT2D eigenvalue weighted by molar-refractivity contribution is -0.138. The van der Waals surface area contributed by atoms with Crippen LogP contribution in [0, 0.1) is 11.6 Å². The van der Waals surface area contributed by atoms with Crippen LogP contribution in [0.3, 0.4) is 0 Å². The predicted octanol–water partition coefficient (Wildman–Crippen LogP) is 5.01. The molecule has 2 aromatic carbocycles. The zero-order valence-electron chi connectivity index (χ0n) is 20.5. The Morgan fingerprint density at radius 3 is 2.47 bits per heavy atom. The Morgan fingerprint density at radius 2 is 1.75 bits per heavy atom. The Labute approximate surface area is 208 Å². The zero-order valence-corrected chi connectivity index (χ0v) is 20.5. The van der Waals surface area contributed by atoms with Crippen LogP contribution in [0.5, 0.6) is 0 Å². The number of hydrogen-bond acceptors (Lipinski definition) is 3. The Morgan fingerprint density at radius 1 is 0.972 bits per heavy atom. The molecular weight excluding hydrogens is 462 g/mol. The Hall–Kier alpha value is -3.29. The molecule has 0 N–H and O–H groups in total. The van der Waals surface area contributed by atoms with E-state index in [0.29, 0.717) is 35.6 Å². The van der Waals surface area contributed by atoms with E-state index in [9.17, 15) is 18.4 Å². The second-order valence-corrected chi connectivity index (χ2v) is 10.4. The van der Waals surface area contributed by atoms with Crippen molar-refractivity contribution in [2.24, 2.45) is 7.05 Å². The van der Waals surface area contributed by atoms with Gasteiger partial charge in [-0.3, -0.25) is 9.59 Å². The minimum atomic E-state index is -0.534. The molecule has 6 rings (SSSR count). The van der Waals surface area contributed by atoms with Gasteiger partial charge in [-0.2, -0.15) is 0 Å². The maximum atomic E-state index is 14.8. The molecule has 3 fully saturated rings. The lowest BCUT2D eigenvalue weighted by Gasteiger charge is -2.40. The molecule has 0 radical (unpaired) electrons. The molecule has 36 heavy (non-hydrogen) atoms. The maximum Gasteiger partial charge on any atom is 0.290 e. The quantitative estimate of drug-likeness (QED) is 0.514. The third-order valence-electron chi connectivity index (χ3n) is 8.03. The minimum Gasteiger partial charge on any atom is -0.336 e. The average Bonchev–Trinajstić information content (AvgIpc) is 3.69. The smallest absolute Gasteiger partial charge is 0.290 e. The zero-order chi connectivity index (χ0) is 25.0. The lowest BCUT2D eigenvalue weighted by atomic mass is 9.93. The van der Waals surface area contributed by atoms with E-state index in [4.69, 9.17) is 0 Å². The van der Waals surface area contributed by atoms with Crippen molar-refractivity contribution in [1.82, 2.24) is 19.4 Å². The van der Waals surface area contributed by atoms with E-state index in [-0.39, 0.29) is 35.8 Å². The summed E-state index contributed by atoms with van der Waals surface area (Å²) in [5, 5.41) is 0. The van der Waals surface area contributed by atoms with Gasteiger partial charge in [-0.25, -0.2) is 13.8 Å². The number of fused-ring (bicyclic) bond motifs is 1. The number of amides is 2. The highest BCUT2D eigenvalue weighted by Gasteiger charge is 2.34. The van der Waals surface area contributed by atoms with E-state index in [1.54, 1.807) is 16.5 Å². The van der Waals surface area contributed by atoms with Gasteiger partial charge in [0, 0.05) is 37.3 Å². The molecule has 1 saturated heterocycles. The molecule has 0 atom stereocenters. The Kier molecular flexibility index (Phi) is 5.77. The number of nitrogens with zero attached hydrogens (tertiary/aromatic N) is 4. The second-order valence-electron chi connectivity index (χ2n) is 10.4. The molecular formula is C28H30F2N4O2. The highest BCUT2D eigenvalue weighted by molar-refractivity contribution is 6.01. The van der Waals surface area contributed by atoms with Crippen LogP contribution in [0.2, 0.25) is 0 Å². The standard InChI is InChI=1S/C28H30F2N4O2/c1-32-24-14-18(17-7-8-17)13-22(21-15-19(29)9-10-23(21)30)26(24)31-27(32)28(36)33-11-12-34(25(35)16-33)20-5-3-2-4-6-20/h9-10,13-15,17,20H,2-8,11-12,16H2,1H3. The molecule has 2 aliphatic carbocycles. The number of rotatable bonds is 4. The van der Waals surface area contributed by atoms with Crippen LogP contribution in [0.15, 0.2) is 30.3 Å². The summed E-state index contributed by atoms with van der Waals surface area (Å²) in [5.41, 5.74) is 2.82. The van der Waals surface area contributed by atoms with Crippen molar-refractivity contribution in [3.05, 3.63) is 53.4 Å². The van der Waals surface area contributed by atoms with Crippen molar-refractivity contribution < 1.29 is 18.4 Å². The van der Waals surface area contributed by atoms with Gasteiger partial charge in [0.15, 0.2) is 5.82 Å². The fourth-order valence-electron chi connectivity index (χ4n) is 5.84. The van der Waals surface area contributed by atoms with Crippen LogP contribution in [0.25, 0.3) is 22.2 Å². The van der Waals surface area contributed by atoms with Crippen LogP contribution in [-0.4, -0.2) is 56.8 Å². The number of carbonyl (C=O) groups excluding carboxylic acids is 2. The molecule has 8 heteroatoms. The van der Waals surface area contributed by atoms with Crippen molar-refractivity contribution in [3.8, 4) is 11.1 Å². The Bertz CT molecular complexity index is 1360. The summed E-state index contributed by atoms with van der Waals surface area (Å²) in [6, 6.07) is 7.56. The lowest BCUT2D eigenvalue weighted by Crippen LogP contribution is -2.56. The molecule has 0 unspecified atom stereocenters. The van der Waals surface area contributed by atoms with E-state index in [1.807, 2.05) is 17.0 Å². The number of carbonyl (C=O) groups is 2. The molecule has 2 saturated carbocycles. The maximum absolute atomic E-state index is 14.8. The first-order valence-corrected chi connectivity index (χ1v) is 12.9. The topological polar surface area (TPSA) is 58.4 Å². The summed E-state index contributed by atoms with van der Waals surface area (Å²) < 4.78 is 30.6. The number of aryl methyl sites for hydroxylation is 1. The van der Waals surface area contributed by atoms with Crippen LogP contribution >= 0.6 is 0 Å². The number of halogens is 2. The molecule has 3 aliphatic rings. The molecule has 6 nitrogen and oxygen atoms in total. The highest BCUT2D eigenvalue weighted by atomic mass is 19.1. The molecule has 188 valence electrons. The van der Waals surface area contributed by atoms with E-state index in [1.165, 1.54) is 12.5 Å². The van der Waals surface area contributed by atoms with Crippen LogP contribution in [0.4, 0.5) is 8.78 Å². The van der Waals surface area contributed by atoms with Crippen molar-refractivity contribution in [2.45, 2.75) is 56.9 Å². The summed E-state index contributed by atoms with van der Waals surface area (Å²) in [6.07, 6.45) is 7.68. The van der Waals surface area contributed by atoms with E-state index in [0.717, 1.165) is 56.2 Å². The normalized spacial score (nSPS) is 19.4. The third-order valence-corrected chi connectivity index (χ3v) is 8.03. The monoisotopic (exact) mass is 492 g/mol. The molecule has 0 bridgehead atoms. The SMILES string of the molecule is Cn1c(C(=O)N2CCN(C3CCCCC3)C(=O)C2)nc2c(-c3cc(F)ccc3F)cc(C3CC3)cc21. The summed E-state index contributed by atoms with van der Waals surface area (Å²) >= 11 is 0. The van der Waals surface area contributed by atoms with Gasteiger partial charge < -0.3 is 14.4 Å². The van der Waals surface area contributed by atoms with Gasteiger partial charge >= 0.3 is 0 Å². The fraction of sp³-hybridized carbons (Fsp3) is 0.464. The van der Waals surface area contributed by atoms with Crippen LogP contribution in [-0.2, 0) is 11.8 Å². The minimum absolute atomic E-state index is 0.0150. The van der Waals surface area contributed by atoms with Crippen molar-refractivity contribution in [2.75, 3.05) is 19.6 Å². The van der Waals surface area contributed by atoms with E-state index < -0.39 is 11.6 Å². The first kappa shape index (κ1) is 23.1. The molecule has 1 aromatic heterocycles. The predicted molar refractivity (Wildman–Crippen MR) is 133 cm³/mol. The van der Waals surface area contributed by atoms with Gasteiger partial charge in [0.2, 0.25) is 5.91 Å². The number of aromatic nitrogens is 2. The number of hydrogen-bond donors (Lipinski definition) is 0. The van der Waals surface area contributed by atoms with Crippen molar-refractivity contribution in [3.63, 3.8) is 0 Å². The van der Waals surface area contributed by atoms with Crippen molar-refractivity contribution >= 4 is 22.8 Å². The van der Waals surface area contributed by atoms with Gasteiger partial charge in [0.1, 0.15) is 18.2 Å². The van der Waals surface area contributed by atoms with Crippen LogP contribution in [0.1, 0.15) is 67.0 Å². The fourth-order valence-corrected chi connectivity index (χ4v) is 5.84. The first-order valence-electron chi connectivity index (χ1n) is 12.9. The second kappa shape index (κ2) is 8.98. The molecule has 2 heterocycles. The van der Waals surface area contributed by atoms with Gasteiger partial charge in [-0.05, 0) is 67.5 Å². The number of benzene rings is 2. The van der Waals surface area contributed by atoms with E-state index >= 15 is 0 Å². The summed E-state index contributed by atoms with van der Waals surface area (Å²) in [5.74, 6) is -0.811. The van der Waals surface area contributed by atoms with Crippen LogP contribution < -0.4 is 0 Å². The average molecular weight is 493 g/mol. The molecule has 1 aliphatic heterocycles. The van der Waals surface area contributed by atoms with Gasteiger partial charge in [0.25, 0.3) is 5.91 Å². The Balaban J connectivity index is 1.35. The number of piperazine rings is 1. The molecule has 3 aromatic rings. The molecule has 2 amide bonds. The summed E-state index contributed by atoms with van der Waals surface area (Å²) in [6.45, 7) is 1.03. The summed E-state index contributed by atoms with van der Waals surface area (Å²) in [4.78, 5) is 34.7. The number of imidazole rings is 1. The van der Waals surface area contributed by atoms with Gasteiger partial charge in [-0.1, -0.05) is 19.3 Å². The first-order chi connectivity index (χ1) is 17.4. The van der Waals surface area contributed by atoms with Gasteiger partial charge in [-0.15, -0.1) is 0 Å². The summed E-state index contributed by atoms with van der Waals surface area (Å²) in [7, 11) is 1.77. The van der Waals surface area contributed by atoms with Gasteiger partial charge in [0.05, 0.1) is 11.0 Å².